The minimum atomic E-state index is -3.01. The van der Waals surface area contributed by atoms with Crippen molar-refractivity contribution in [3.63, 3.8) is 0 Å². The van der Waals surface area contributed by atoms with E-state index in [-0.39, 0.29) is 11.4 Å². The molecule has 1 aliphatic heterocycles. The van der Waals surface area contributed by atoms with Crippen LogP contribution >= 0.6 is 0 Å². The van der Waals surface area contributed by atoms with Gasteiger partial charge in [0.25, 0.3) is 0 Å². The fourth-order valence-corrected chi connectivity index (χ4v) is 2.89. The van der Waals surface area contributed by atoms with Crippen molar-refractivity contribution >= 4 is 9.84 Å². The maximum atomic E-state index is 11.1. The Bertz CT molecular complexity index is 338. The van der Waals surface area contributed by atoms with Crippen LogP contribution in [0.25, 0.3) is 0 Å². The third-order valence-corrected chi connectivity index (χ3v) is 4.35. The van der Waals surface area contributed by atoms with E-state index in [2.05, 4.69) is 0 Å². The summed E-state index contributed by atoms with van der Waals surface area (Å²) in [4.78, 5) is 0. The van der Waals surface area contributed by atoms with Gasteiger partial charge in [0, 0.05) is 12.7 Å². The standard InChI is InChI=1S/C11H22O4S/c1-4-10(2)9-11(12,5-7-15-10)6-8-16(3,13)14/h12H,4-9H2,1-3H3. The Kier molecular flexibility index (Phi) is 4.03. The van der Waals surface area contributed by atoms with Crippen LogP contribution in [0, 0.1) is 0 Å². The molecule has 0 radical (unpaired) electrons. The third-order valence-electron chi connectivity index (χ3n) is 3.41. The van der Waals surface area contributed by atoms with Crippen LogP contribution in [0.2, 0.25) is 0 Å². The number of ether oxygens (including phenoxy) is 1. The van der Waals surface area contributed by atoms with E-state index in [1.807, 2.05) is 13.8 Å². The average Bonchev–Trinajstić information content (AvgIpc) is 2.14. The van der Waals surface area contributed by atoms with Crippen molar-refractivity contribution in [2.75, 3.05) is 18.6 Å². The molecule has 2 unspecified atom stereocenters. The van der Waals surface area contributed by atoms with Crippen molar-refractivity contribution in [3.05, 3.63) is 0 Å². The summed E-state index contributed by atoms with van der Waals surface area (Å²) < 4.78 is 27.8. The highest BCUT2D eigenvalue weighted by Gasteiger charge is 2.41. The van der Waals surface area contributed by atoms with Gasteiger partial charge in [-0.15, -0.1) is 0 Å². The summed E-state index contributed by atoms with van der Waals surface area (Å²) in [7, 11) is -3.01. The monoisotopic (exact) mass is 250 g/mol. The Labute approximate surface area is 97.9 Å². The fourth-order valence-electron chi connectivity index (χ4n) is 2.14. The molecule has 2 atom stereocenters. The van der Waals surface area contributed by atoms with E-state index in [0.717, 1.165) is 6.42 Å². The summed E-state index contributed by atoms with van der Waals surface area (Å²) in [5.41, 5.74) is -1.20. The molecular formula is C11H22O4S. The fraction of sp³-hybridized carbons (Fsp3) is 1.00. The topological polar surface area (TPSA) is 63.6 Å². The van der Waals surface area contributed by atoms with E-state index in [9.17, 15) is 13.5 Å². The van der Waals surface area contributed by atoms with Crippen LogP contribution in [0.15, 0.2) is 0 Å². The molecule has 96 valence electrons. The molecule has 0 aromatic heterocycles. The van der Waals surface area contributed by atoms with E-state index in [1.165, 1.54) is 6.26 Å². The Morgan fingerprint density at radius 3 is 2.56 bits per heavy atom. The lowest BCUT2D eigenvalue weighted by molar-refractivity contribution is -0.154. The van der Waals surface area contributed by atoms with Crippen LogP contribution in [0.4, 0.5) is 0 Å². The quantitative estimate of drug-likeness (QED) is 0.812. The third kappa shape index (κ3) is 4.03. The van der Waals surface area contributed by atoms with Crippen LogP contribution in [0.5, 0.6) is 0 Å². The van der Waals surface area contributed by atoms with Crippen LogP contribution in [0.3, 0.4) is 0 Å². The number of hydrogen-bond donors (Lipinski definition) is 1. The minimum Gasteiger partial charge on any atom is -0.390 e. The second-order valence-electron chi connectivity index (χ2n) is 5.18. The Hall–Kier alpha value is -0.130. The first-order valence-electron chi connectivity index (χ1n) is 5.72. The maximum Gasteiger partial charge on any atom is 0.147 e. The van der Waals surface area contributed by atoms with E-state index in [1.54, 1.807) is 0 Å². The zero-order chi connectivity index (χ0) is 12.4. The zero-order valence-corrected chi connectivity index (χ0v) is 11.1. The lowest BCUT2D eigenvalue weighted by Gasteiger charge is -2.43. The predicted molar refractivity (Wildman–Crippen MR) is 63.2 cm³/mol. The summed E-state index contributed by atoms with van der Waals surface area (Å²) >= 11 is 0. The van der Waals surface area contributed by atoms with E-state index < -0.39 is 15.4 Å². The van der Waals surface area contributed by atoms with Gasteiger partial charge >= 0.3 is 0 Å². The molecule has 1 N–H and O–H groups in total. The lowest BCUT2D eigenvalue weighted by Crippen LogP contribution is -2.47. The molecule has 0 bridgehead atoms. The molecule has 0 aromatic rings. The largest absolute Gasteiger partial charge is 0.390 e. The smallest absolute Gasteiger partial charge is 0.147 e. The summed E-state index contributed by atoms with van der Waals surface area (Å²) in [6.45, 7) is 4.49. The highest BCUT2D eigenvalue weighted by atomic mass is 32.2. The minimum absolute atomic E-state index is 0.0449. The first kappa shape index (κ1) is 13.9. The molecule has 5 heteroatoms. The van der Waals surface area contributed by atoms with Gasteiger partial charge in [-0.25, -0.2) is 8.42 Å². The van der Waals surface area contributed by atoms with Crippen molar-refractivity contribution in [2.45, 2.75) is 50.7 Å². The van der Waals surface area contributed by atoms with Crippen molar-refractivity contribution in [1.29, 1.82) is 0 Å². The van der Waals surface area contributed by atoms with Gasteiger partial charge in [0.15, 0.2) is 0 Å². The highest BCUT2D eigenvalue weighted by molar-refractivity contribution is 7.90. The van der Waals surface area contributed by atoms with Crippen LogP contribution < -0.4 is 0 Å². The Balaban J connectivity index is 2.63. The van der Waals surface area contributed by atoms with Crippen LogP contribution in [-0.2, 0) is 14.6 Å². The molecule has 0 amide bonds. The van der Waals surface area contributed by atoms with Gasteiger partial charge in [0.05, 0.1) is 23.6 Å². The molecule has 0 aromatic carbocycles. The van der Waals surface area contributed by atoms with Gasteiger partial charge in [-0.1, -0.05) is 6.92 Å². The zero-order valence-electron chi connectivity index (χ0n) is 10.3. The SMILES string of the molecule is CCC1(C)CC(O)(CCS(C)(=O)=O)CCO1. The highest BCUT2D eigenvalue weighted by Crippen LogP contribution is 2.36. The predicted octanol–water partition coefficient (Wildman–Crippen LogP) is 1.13. The number of sulfone groups is 1. The van der Waals surface area contributed by atoms with Crippen molar-refractivity contribution in [1.82, 2.24) is 0 Å². The molecule has 16 heavy (non-hydrogen) atoms. The van der Waals surface area contributed by atoms with Gasteiger partial charge in [0.1, 0.15) is 9.84 Å². The van der Waals surface area contributed by atoms with Crippen LogP contribution in [-0.4, -0.2) is 43.3 Å². The first-order chi connectivity index (χ1) is 7.18. The summed E-state index contributed by atoms with van der Waals surface area (Å²) in [5.74, 6) is 0.0449. The van der Waals surface area contributed by atoms with E-state index in [0.29, 0.717) is 25.9 Å². The van der Waals surface area contributed by atoms with Crippen molar-refractivity contribution in [3.8, 4) is 0 Å². The summed E-state index contributed by atoms with van der Waals surface area (Å²) in [6.07, 6.45) is 3.39. The second kappa shape index (κ2) is 4.63. The van der Waals surface area contributed by atoms with Crippen LogP contribution in [0.1, 0.15) is 39.5 Å². The van der Waals surface area contributed by atoms with Gasteiger partial charge in [-0.2, -0.15) is 0 Å². The van der Waals surface area contributed by atoms with Crippen molar-refractivity contribution < 1.29 is 18.3 Å². The molecule has 4 nitrogen and oxygen atoms in total. The maximum absolute atomic E-state index is 11.1. The van der Waals surface area contributed by atoms with E-state index in [4.69, 9.17) is 4.74 Å². The van der Waals surface area contributed by atoms with Gasteiger partial charge in [-0.05, 0) is 26.2 Å². The number of hydrogen-bond acceptors (Lipinski definition) is 4. The molecule has 1 heterocycles. The average molecular weight is 250 g/mol. The van der Waals surface area contributed by atoms with Gasteiger partial charge in [0.2, 0.25) is 0 Å². The first-order valence-corrected chi connectivity index (χ1v) is 7.78. The van der Waals surface area contributed by atoms with Crippen molar-refractivity contribution in [2.24, 2.45) is 0 Å². The molecule has 0 saturated carbocycles. The Morgan fingerprint density at radius 2 is 2.06 bits per heavy atom. The Morgan fingerprint density at radius 1 is 1.44 bits per heavy atom. The molecule has 0 aliphatic carbocycles. The molecular weight excluding hydrogens is 228 g/mol. The molecule has 1 saturated heterocycles. The van der Waals surface area contributed by atoms with Gasteiger partial charge < -0.3 is 9.84 Å². The summed E-state index contributed by atoms with van der Waals surface area (Å²) in [5, 5.41) is 10.4. The number of rotatable bonds is 4. The second-order valence-corrected chi connectivity index (χ2v) is 7.44. The molecule has 1 rings (SSSR count). The van der Waals surface area contributed by atoms with E-state index >= 15 is 0 Å². The molecule has 1 aliphatic rings. The lowest BCUT2D eigenvalue weighted by atomic mass is 9.80. The van der Waals surface area contributed by atoms with Gasteiger partial charge in [-0.3, -0.25) is 0 Å². The molecule has 0 spiro atoms. The normalized spacial score (nSPS) is 36.2. The summed E-state index contributed by atoms with van der Waals surface area (Å²) in [6, 6.07) is 0. The number of aliphatic hydroxyl groups is 1. The molecule has 1 fully saturated rings.